The molecule has 2 atom stereocenters. The lowest BCUT2D eigenvalue weighted by molar-refractivity contribution is -0.141. The number of aryl methyl sites for hydroxylation is 1. The van der Waals surface area contributed by atoms with Crippen LogP contribution in [0.25, 0.3) is 0 Å². The Hall–Kier alpha value is -1.75. The molecule has 0 bridgehead atoms. The number of aliphatic carboxylic acids is 1. The van der Waals surface area contributed by atoms with Gasteiger partial charge in [0.15, 0.2) is 0 Å². The Bertz CT molecular complexity index is 624. The molecule has 1 amide bonds. The zero-order valence-corrected chi connectivity index (χ0v) is 14.6. The summed E-state index contributed by atoms with van der Waals surface area (Å²) in [5.41, 5.74) is 1.16. The van der Waals surface area contributed by atoms with Crippen molar-refractivity contribution in [1.82, 2.24) is 4.90 Å². The maximum absolute atomic E-state index is 12.2. The minimum absolute atomic E-state index is 0.139. The summed E-state index contributed by atoms with van der Waals surface area (Å²) in [6, 6.07) is 5.53. The summed E-state index contributed by atoms with van der Waals surface area (Å²) in [6.07, 6.45) is -0.482. The van der Waals surface area contributed by atoms with E-state index in [1.165, 1.54) is 4.90 Å². The van der Waals surface area contributed by atoms with Crippen LogP contribution in [0.15, 0.2) is 18.2 Å². The minimum Gasteiger partial charge on any atom is -0.481 e. The fourth-order valence-corrected chi connectivity index (χ4v) is 2.90. The molecule has 1 aliphatic heterocycles. The Morgan fingerprint density at radius 1 is 1.30 bits per heavy atom. The molecule has 0 unspecified atom stereocenters. The number of nitrogens with zero attached hydrogens (tertiary/aromatic N) is 1. The lowest BCUT2D eigenvalue weighted by Crippen LogP contribution is -2.35. The van der Waals surface area contributed by atoms with Crippen LogP contribution in [-0.4, -0.2) is 40.8 Å². The Labute approximate surface area is 141 Å². The number of hydrogen-bond donors (Lipinski definition) is 1. The van der Waals surface area contributed by atoms with Crippen LogP contribution in [0.1, 0.15) is 37.8 Å². The smallest absolute Gasteiger partial charge is 0.410 e. The molecule has 1 aromatic rings. The number of carbonyl (C=O) groups is 2. The zero-order valence-electron chi connectivity index (χ0n) is 13.8. The van der Waals surface area contributed by atoms with Gasteiger partial charge in [0, 0.05) is 24.0 Å². The van der Waals surface area contributed by atoms with Crippen molar-refractivity contribution in [3.8, 4) is 0 Å². The van der Waals surface area contributed by atoms with Crippen molar-refractivity contribution in [3.63, 3.8) is 0 Å². The fraction of sp³-hybridized carbons (Fsp3) is 0.529. The molecule has 0 aromatic heterocycles. The van der Waals surface area contributed by atoms with E-state index in [0.29, 0.717) is 11.6 Å². The molecule has 6 heteroatoms. The highest BCUT2D eigenvalue weighted by molar-refractivity contribution is 6.31. The van der Waals surface area contributed by atoms with Crippen molar-refractivity contribution < 1.29 is 19.4 Å². The standard InChI is InChI=1S/C17H22ClNO4/c1-10-5-6-11(7-14(10)18)12-8-19(9-13(12)15(20)21)16(22)23-17(2,3)4/h5-7,12-13H,8-9H2,1-4H3,(H,20,21)/t12-,13+/m0/s1. The van der Waals surface area contributed by atoms with Gasteiger partial charge in [0.2, 0.25) is 0 Å². The monoisotopic (exact) mass is 339 g/mol. The maximum atomic E-state index is 12.2. The SMILES string of the molecule is Cc1ccc([C@@H]2CN(C(=O)OC(C)(C)C)C[C@H]2C(=O)O)cc1Cl. The van der Waals surface area contributed by atoms with Crippen LogP contribution < -0.4 is 0 Å². The molecule has 1 fully saturated rings. The van der Waals surface area contributed by atoms with E-state index >= 15 is 0 Å². The number of halogens is 1. The van der Waals surface area contributed by atoms with E-state index in [1.54, 1.807) is 26.8 Å². The molecule has 0 spiro atoms. The minimum atomic E-state index is -0.919. The van der Waals surface area contributed by atoms with Gasteiger partial charge in [-0.15, -0.1) is 0 Å². The number of likely N-dealkylation sites (tertiary alicyclic amines) is 1. The molecular weight excluding hydrogens is 318 g/mol. The van der Waals surface area contributed by atoms with Crippen molar-refractivity contribution in [3.05, 3.63) is 34.3 Å². The van der Waals surface area contributed by atoms with Crippen molar-refractivity contribution in [1.29, 1.82) is 0 Å². The molecular formula is C17H22ClNO4. The van der Waals surface area contributed by atoms with E-state index in [2.05, 4.69) is 0 Å². The van der Waals surface area contributed by atoms with E-state index in [0.717, 1.165) is 11.1 Å². The quantitative estimate of drug-likeness (QED) is 0.892. The zero-order chi connectivity index (χ0) is 17.4. The molecule has 2 rings (SSSR count). The van der Waals surface area contributed by atoms with Gasteiger partial charge in [-0.1, -0.05) is 23.7 Å². The first-order chi connectivity index (χ1) is 10.6. The Morgan fingerprint density at radius 2 is 1.96 bits per heavy atom. The van der Waals surface area contributed by atoms with Gasteiger partial charge in [0.25, 0.3) is 0 Å². The van der Waals surface area contributed by atoms with E-state index < -0.39 is 23.6 Å². The van der Waals surface area contributed by atoms with Gasteiger partial charge in [-0.2, -0.15) is 0 Å². The van der Waals surface area contributed by atoms with Crippen molar-refractivity contribution in [2.24, 2.45) is 5.92 Å². The van der Waals surface area contributed by atoms with Crippen molar-refractivity contribution in [2.75, 3.05) is 13.1 Å². The van der Waals surface area contributed by atoms with Gasteiger partial charge in [0.1, 0.15) is 5.60 Å². The number of carboxylic acid groups (broad SMARTS) is 1. The van der Waals surface area contributed by atoms with Crippen LogP contribution in [-0.2, 0) is 9.53 Å². The largest absolute Gasteiger partial charge is 0.481 e. The normalized spacial score (nSPS) is 21.3. The van der Waals surface area contributed by atoms with Crippen LogP contribution in [0, 0.1) is 12.8 Å². The molecule has 1 heterocycles. The predicted molar refractivity (Wildman–Crippen MR) is 87.9 cm³/mol. The van der Waals surface area contributed by atoms with E-state index in [4.69, 9.17) is 16.3 Å². The highest BCUT2D eigenvalue weighted by Gasteiger charge is 2.41. The van der Waals surface area contributed by atoms with Gasteiger partial charge in [-0.3, -0.25) is 4.79 Å². The van der Waals surface area contributed by atoms with Crippen molar-refractivity contribution >= 4 is 23.7 Å². The Kier molecular flexibility index (Phi) is 4.90. The predicted octanol–water partition coefficient (Wildman–Crippen LogP) is 3.68. The van der Waals surface area contributed by atoms with E-state index in [9.17, 15) is 14.7 Å². The molecule has 0 aliphatic carbocycles. The molecule has 5 nitrogen and oxygen atoms in total. The summed E-state index contributed by atoms with van der Waals surface area (Å²) < 4.78 is 5.34. The summed E-state index contributed by atoms with van der Waals surface area (Å²) in [4.78, 5) is 25.3. The summed E-state index contributed by atoms with van der Waals surface area (Å²) in [7, 11) is 0. The second kappa shape index (κ2) is 6.40. The number of ether oxygens (including phenoxy) is 1. The Morgan fingerprint density at radius 3 is 2.48 bits per heavy atom. The second-order valence-electron chi connectivity index (χ2n) is 6.95. The van der Waals surface area contributed by atoms with Gasteiger partial charge in [-0.05, 0) is 44.9 Å². The topological polar surface area (TPSA) is 66.8 Å². The average Bonchev–Trinajstić information content (AvgIpc) is 2.85. The number of rotatable bonds is 2. The lowest BCUT2D eigenvalue weighted by Gasteiger charge is -2.24. The van der Waals surface area contributed by atoms with Crippen molar-refractivity contribution in [2.45, 2.75) is 39.2 Å². The molecule has 0 saturated carbocycles. The van der Waals surface area contributed by atoms with Crippen LogP contribution in [0.2, 0.25) is 5.02 Å². The highest BCUT2D eigenvalue weighted by Crippen LogP contribution is 2.35. The lowest BCUT2D eigenvalue weighted by atomic mass is 9.88. The van der Waals surface area contributed by atoms with Crippen LogP contribution in [0.3, 0.4) is 0 Å². The number of carboxylic acids is 1. The molecule has 0 radical (unpaired) electrons. The van der Waals surface area contributed by atoms with Crippen LogP contribution in [0.4, 0.5) is 4.79 Å². The third-order valence-corrected chi connectivity index (χ3v) is 4.32. The fourth-order valence-electron chi connectivity index (χ4n) is 2.71. The number of hydrogen-bond acceptors (Lipinski definition) is 3. The van der Waals surface area contributed by atoms with Gasteiger partial charge in [-0.25, -0.2) is 4.79 Å². The van der Waals surface area contributed by atoms with Gasteiger partial charge in [0.05, 0.1) is 5.92 Å². The first-order valence-electron chi connectivity index (χ1n) is 7.55. The highest BCUT2D eigenvalue weighted by atomic mass is 35.5. The first kappa shape index (κ1) is 17.6. The molecule has 1 aliphatic rings. The summed E-state index contributed by atoms with van der Waals surface area (Å²) >= 11 is 6.15. The average molecular weight is 340 g/mol. The molecule has 23 heavy (non-hydrogen) atoms. The first-order valence-corrected chi connectivity index (χ1v) is 7.93. The van der Waals surface area contributed by atoms with Crippen LogP contribution in [0.5, 0.6) is 0 Å². The molecule has 1 saturated heterocycles. The second-order valence-corrected chi connectivity index (χ2v) is 7.35. The molecule has 126 valence electrons. The molecule has 1 aromatic carbocycles. The Balaban J connectivity index is 2.23. The third-order valence-electron chi connectivity index (χ3n) is 3.91. The number of carbonyl (C=O) groups excluding carboxylic acids is 1. The number of amides is 1. The summed E-state index contributed by atoms with van der Waals surface area (Å²) in [5, 5.41) is 10.1. The maximum Gasteiger partial charge on any atom is 0.410 e. The van der Waals surface area contributed by atoms with E-state index in [1.807, 2.05) is 19.1 Å². The third kappa shape index (κ3) is 4.16. The number of benzene rings is 1. The van der Waals surface area contributed by atoms with Crippen LogP contribution >= 0.6 is 11.6 Å². The van der Waals surface area contributed by atoms with Gasteiger partial charge < -0.3 is 14.7 Å². The summed E-state index contributed by atoms with van der Waals surface area (Å²) in [5.74, 6) is -1.88. The summed E-state index contributed by atoms with van der Waals surface area (Å²) in [6.45, 7) is 7.70. The van der Waals surface area contributed by atoms with E-state index in [-0.39, 0.29) is 12.5 Å². The van der Waals surface area contributed by atoms with Gasteiger partial charge >= 0.3 is 12.1 Å². The molecule has 1 N–H and O–H groups in total.